The Morgan fingerprint density at radius 1 is 1.50 bits per heavy atom. The molecule has 2 N–H and O–H groups in total. The highest BCUT2D eigenvalue weighted by Gasteiger charge is 2.11. The van der Waals surface area contributed by atoms with Crippen LogP contribution in [0.3, 0.4) is 0 Å². The molecule has 0 amide bonds. The van der Waals surface area contributed by atoms with Crippen LogP contribution >= 0.6 is 24.0 Å². The summed E-state index contributed by atoms with van der Waals surface area (Å²) < 4.78 is 23.6. The number of rotatable bonds is 4. The molecule has 1 aliphatic heterocycles. The van der Waals surface area contributed by atoms with Gasteiger partial charge >= 0.3 is 0 Å². The van der Waals surface area contributed by atoms with Gasteiger partial charge in [0.1, 0.15) is 6.61 Å². The number of halogens is 2. The maximum atomic E-state index is 13.2. The number of morpholine rings is 1. The first-order chi connectivity index (χ1) is 9.27. The predicted molar refractivity (Wildman–Crippen MR) is 84.0 cm³/mol. The first kappa shape index (κ1) is 16.9. The standard InChI is InChI=1S/C12H17FN4O2.HI/c13-10-2-1-3-15-11(10)19-7-4-16-12(14)17-5-8-18-9-6-17;/h1-3H,4-9H2,(H2,14,16);1H. The minimum Gasteiger partial charge on any atom is -0.474 e. The van der Waals surface area contributed by atoms with Crippen LogP contribution in [-0.2, 0) is 4.74 Å². The van der Waals surface area contributed by atoms with Crippen LogP contribution in [-0.4, -0.2) is 55.3 Å². The van der Waals surface area contributed by atoms with Crippen molar-refractivity contribution in [3.63, 3.8) is 0 Å². The number of pyridine rings is 1. The fourth-order valence-electron chi connectivity index (χ4n) is 1.67. The number of hydrogen-bond donors (Lipinski definition) is 1. The van der Waals surface area contributed by atoms with Gasteiger partial charge in [0.05, 0.1) is 19.8 Å². The molecule has 2 rings (SSSR count). The van der Waals surface area contributed by atoms with Crippen LogP contribution in [0, 0.1) is 5.82 Å². The summed E-state index contributed by atoms with van der Waals surface area (Å²) in [6.07, 6.45) is 1.48. The summed E-state index contributed by atoms with van der Waals surface area (Å²) >= 11 is 0. The van der Waals surface area contributed by atoms with Crippen LogP contribution < -0.4 is 10.5 Å². The summed E-state index contributed by atoms with van der Waals surface area (Å²) in [5.74, 6) is -0.0244. The van der Waals surface area contributed by atoms with E-state index in [0.717, 1.165) is 13.1 Å². The Morgan fingerprint density at radius 2 is 2.25 bits per heavy atom. The SMILES string of the molecule is I.NC(=NCCOc1ncccc1F)N1CCOCC1. The molecule has 0 unspecified atom stereocenters. The number of hydrogen-bond acceptors (Lipinski definition) is 4. The lowest BCUT2D eigenvalue weighted by molar-refractivity contribution is 0.0674. The zero-order chi connectivity index (χ0) is 13.5. The Kier molecular flexibility index (Phi) is 7.52. The molecule has 1 aromatic rings. The third-order valence-corrected chi connectivity index (χ3v) is 2.66. The maximum Gasteiger partial charge on any atom is 0.250 e. The Hall–Kier alpha value is -1.16. The smallest absolute Gasteiger partial charge is 0.250 e. The van der Waals surface area contributed by atoms with Gasteiger partial charge in [0.25, 0.3) is 0 Å². The second kappa shape index (κ2) is 8.90. The maximum absolute atomic E-state index is 13.2. The second-order valence-corrected chi connectivity index (χ2v) is 3.98. The van der Waals surface area contributed by atoms with E-state index in [9.17, 15) is 4.39 Å². The number of guanidine groups is 1. The molecule has 1 aromatic heterocycles. The third-order valence-electron chi connectivity index (χ3n) is 2.66. The summed E-state index contributed by atoms with van der Waals surface area (Å²) in [4.78, 5) is 9.91. The van der Waals surface area contributed by atoms with Gasteiger partial charge in [-0.15, -0.1) is 24.0 Å². The van der Waals surface area contributed by atoms with Crippen LogP contribution in [0.1, 0.15) is 0 Å². The molecule has 1 saturated heterocycles. The van der Waals surface area contributed by atoms with Gasteiger partial charge in [-0.05, 0) is 12.1 Å². The van der Waals surface area contributed by atoms with Gasteiger partial charge in [0, 0.05) is 19.3 Å². The van der Waals surface area contributed by atoms with E-state index < -0.39 is 5.82 Å². The number of nitrogens with zero attached hydrogens (tertiary/aromatic N) is 3. The van der Waals surface area contributed by atoms with E-state index in [1.807, 2.05) is 4.90 Å². The molecule has 1 aliphatic rings. The normalized spacial score (nSPS) is 15.7. The Balaban J connectivity index is 0.00000200. The van der Waals surface area contributed by atoms with Crippen molar-refractivity contribution in [1.29, 1.82) is 0 Å². The molecule has 0 aliphatic carbocycles. The number of ether oxygens (including phenoxy) is 2. The highest BCUT2D eigenvalue weighted by atomic mass is 127. The molecule has 0 atom stereocenters. The average molecular weight is 396 g/mol. The highest BCUT2D eigenvalue weighted by Crippen LogP contribution is 2.10. The molecular weight excluding hydrogens is 378 g/mol. The number of nitrogens with two attached hydrogens (primary N) is 1. The fraction of sp³-hybridized carbons (Fsp3) is 0.500. The average Bonchev–Trinajstić information content (AvgIpc) is 2.46. The summed E-state index contributed by atoms with van der Waals surface area (Å²) in [6, 6.07) is 2.81. The van der Waals surface area contributed by atoms with Gasteiger partial charge < -0.3 is 20.1 Å². The van der Waals surface area contributed by atoms with Crippen LogP contribution in [0.2, 0.25) is 0 Å². The molecule has 112 valence electrons. The molecule has 20 heavy (non-hydrogen) atoms. The molecule has 0 spiro atoms. The largest absolute Gasteiger partial charge is 0.474 e. The van der Waals surface area contributed by atoms with E-state index in [2.05, 4.69) is 9.98 Å². The lowest BCUT2D eigenvalue weighted by Gasteiger charge is -2.27. The third kappa shape index (κ3) is 5.08. The first-order valence-corrected chi connectivity index (χ1v) is 6.13. The topological polar surface area (TPSA) is 73.0 Å². The minimum atomic E-state index is -0.479. The summed E-state index contributed by atoms with van der Waals surface area (Å²) in [6.45, 7) is 3.39. The fourth-order valence-corrected chi connectivity index (χ4v) is 1.67. The highest BCUT2D eigenvalue weighted by molar-refractivity contribution is 14.0. The van der Waals surface area contributed by atoms with Gasteiger partial charge in [-0.2, -0.15) is 0 Å². The minimum absolute atomic E-state index is 0. The molecule has 6 nitrogen and oxygen atoms in total. The van der Waals surface area contributed by atoms with Crippen molar-refractivity contribution in [2.24, 2.45) is 10.7 Å². The molecule has 0 radical (unpaired) electrons. The van der Waals surface area contributed by atoms with Crippen molar-refractivity contribution in [3.05, 3.63) is 24.1 Å². The van der Waals surface area contributed by atoms with E-state index in [-0.39, 0.29) is 36.5 Å². The number of aliphatic imine (C=N–C) groups is 1. The van der Waals surface area contributed by atoms with Gasteiger partial charge in [-0.1, -0.05) is 0 Å². The summed E-state index contributed by atoms with van der Waals surface area (Å²) in [5, 5.41) is 0. The van der Waals surface area contributed by atoms with Gasteiger partial charge in [0.2, 0.25) is 5.88 Å². The lowest BCUT2D eigenvalue weighted by Crippen LogP contribution is -2.45. The van der Waals surface area contributed by atoms with Crippen LogP contribution in [0.5, 0.6) is 5.88 Å². The van der Waals surface area contributed by atoms with Crippen molar-refractivity contribution in [2.75, 3.05) is 39.5 Å². The van der Waals surface area contributed by atoms with E-state index >= 15 is 0 Å². The molecule has 8 heteroatoms. The second-order valence-electron chi connectivity index (χ2n) is 3.98. The molecule has 0 saturated carbocycles. The zero-order valence-electron chi connectivity index (χ0n) is 11.0. The van der Waals surface area contributed by atoms with E-state index in [1.165, 1.54) is 18.3 Å². The van der Waals surface area contributed by atoms with Crippen LogP contribution in [0.25, 0.3) is 0 Å². The summed E-state index contributed by atoms with van der Waals surface area (Å²) in [5.41, 5.74) is 5.83. The van der Waals surface area contributed by atoms with Crippen molar-refractivity contribution in [3.8, 4) is 5.88 Å². The summed E-state index contributed by atoms with van der Waals surface area (Å²) in [7, 11) is 0. The van der Waals surface area contributed by atoms with Crippen molar-refractivity contribution < 1.29 is 13.9 Å². The number of aromatic nitrogens is 1. The molecule has 1 fully saturated rings. The van der Waals surface area contributed by atoms with Gasteiger partial charge in [-0.25, -0.2) is 14.4 Å². The van der Waals surface area contributed by atoms with E-state index in [0.29, 0.717) is 25.7 Å². The van der Waals surface area contributed by atoms with Crippen molar-refractivity contribution >= 4 is 29.9 Å². The molecule has 0 bridgehead atoms. The first-order valence-electron chi connectivity index (χ1n) is 6.13. The van der Waals surface area contributed by atoms with Crippen LogP contribution in [0.15, 0.2) is 23.3 Å². The van der Waals surface area contributed by atoms with Gasteiger partial charge in [-0.3, -0.25) is 0 Å². The van der Waals surface area contributed by atoms with Crippen LogP contribution in [0.4, 0.5) is 4.39 Å². The lowest BCUT2D eigenvalue weighted by atomic mass is 10.4. The van der Waals surface area contributed by atoms with E-state index in [1.54, 1.807) is 0 Å². The zero-order valence-corrected chi connectivity index (χ0v) is 13.3. The Labute approximate surface area is 134 Å². The predicted octanol–water partition coefficient (Wildman–Crippen LogP) is 0.864. The van der Waals surface area contributed by atoms with Gasteiger partial charge in [0.15, 0.2) is 11.8 Å². The van der Waals surface area contributed by atoms with E-state index in [4.69, 9.17) is 15.2 Å². The molecule has 2 heterocycles. The Morgan fingerprint density at radius 3 is 2.95 bits per heavy atom. The molecular formula is C12H18FIN4O2. The van der Waals surface area contributed by atoms with Crippen molar-refractivity contribution in [2.45, 2.75) is 0 Å². The molecule has 0 aromatic carbocycles. The van der Waals surface area contributed by atoms with Crippen molar-refractivity contribution in [1.82, 2.24) is 9.88 Å². The quantitative estimate of drug-likeness (QED) is 0.354. The monoisotopic (exact) mass is 396 g/mol. The Bertz CT molecular complexity index is 441.